The number of fused-ring (bicyclic) bond motifs is 4. The van der Waals surface area contributed by atoms with Crippen molar-refractivity contribution < 1.29 is 4.74 Å². The van der Waals surface area contributed by atoms with Crippen LogP contribution in [0, 0.1) is 0 Å². The van der Waals surface area contributed by atoms with Crippen molar-refractivity contribution in [2.24, 2.45) is 0 Å². The fraction of sp³-hybridized carbons (Fsp3) is 0.375. The van der Waals surface area contributed by atoms with E-state index in [1.807, 2.05) is 53.1 Å². The van der Waals surface area contributed by atoms with Gasteiger partial charge in [0.25, 0.3) is 0 Å². The smallest absolute Gasteiger partial charge is 0.350 e. The van der Waals surface area contributed by atoms with E-state index in [9.17, 15) is 9.59 Å². The third kappa shape index (κ3) is 3.48. The first-order valence-corrected chi connectivity index (χ1v) is 11.5. The third-order valence-corrected chi connectivity index (χ3v) is 6.76. The summed E-state index contributed by atoms with van der Waals surface area (Å²) in [5.41, 5.74) is 2.49. The molecule has 33 heavy (non-hydrogen) atoms. The number of benzene rings is 2. The number of para-hydroxylation sites is 4. The van der Waals surface area contributed by atoms with Crippen LogP contribution in [0.2, 0.25) is 0 Å². The van der Waals surface area contributed by atoms with Crippen LogP contribution in [0.5, 0.6) is 5.75 Å². The maximum absolute atomic E-state index is 12.9. The van der Waals surface area contributed by atoms with Gasteiger partial charge in [0.2, 0.25) is 0 Å². The standard InChI is InChI=1S/C24H26N6O3/c31-23-25-18-6-1-2-7-19(18)29(23)17-10-14-27(15-11-17)12-5-13-28-24(32)30-20-8-3-4-9-21(20)33-16-22(30)26-28/h1-4,6-9,17H,5,10-16H2,(H,25,31). The van der Waals surface area contributed by atoms with Crippen molar-refractivity contribution >= 4 is 11.0 Å². The molecule has 0 bridgehead atoms. The lowest BCUT2D eigenvalue weighted by Crippen LogP contribution is -2.38. The van der Waals surface area contributed by atoms with Crippen LogP contribution in [-0.2, 0) is 13.2 Å². The van der Waals surface area contributed by atoms with Gasteiger partial charge in [0.15, 0.2) is 5.82 Å². The molecular weight excluding hydrogens is 420 g/mol. The summed E-state index contributed by atoms with van der Waals surface area (Å²) in [6, 6.07) is 15.6. The van der Waals surface area contributed by atoms with Gasteiger partial charge in [-0.15, -0.1) is 0 Å². The number of H-pyrrole nitrogens is 1. The molecule has 2 aromatic carbocycles. The minimum atomic E-state index is -0.113. The molecule has 1 saturated heterocycles. The number of nitrogens with zero attached hydrogens (tertiary/aromatic N) is 5. The van der Waals surface area contributed by atoms with Gasteiger partial charge in [-0.3, -0.25) is 4.57 Å². The normalized spacial score (nSPS) is 16.5. The Morgan fingerprint density at radius 2 is 1.79 bits per heavy atom. The Labute approximate surface area is 189 Å². The molecule has 9 heteroatoms. The number of likely N-dealkylation sites (tertiary alicyclic amines) is 1. The second kappa shape index (κ2) is 8.08. The van der Waals surface area contributed by atoms with E-state index < -0.39 is 0 Å². The Morgan fingerprint density at radius 1 is 1.00 bits per heavy atom. The van der Waals surface area contributed by atoms with Crippen molar-refractivity contribution in [3.05, 3.63) is 75.3 Å². The van der Waals surface area contributed by atoms with Gasteiger partial charge in [0.05, 0.1) is 16.7 Å². The van der Waals surface area contributed by atoms with Gasteiger partial charge in [0.1, 0.15) is 12.4 Å². The topological polar surface area (TPSA) is 90.1 Å². The molecular formula is C24H26N6O3. The van der Waals surface area contributed by atoms with E-state index in [4.69, 9.17) is 4.74 Å². The van der Waals surface area contributed by atoms with Crippen LogP contribution in [0.3, 0.4) is 0 Å². The maximum atomic E-state index is 12.9. The van der Waals surface area contributed by atoms with Crippen molar-refractivity contribution in [1.29, 1.82) is 0 Å². The quantitative estimate of drug-likeness (QED) is 0.508. The SMILES string of the molecule is O=c1n(CCCN2CCC(n3c(=O)[nH]c4ccccc43)CC2)nc2n1-c1ccccc1OC2. The van der Waals surface area contributed by atoms with Gasteiger partial charge in [-0.05, 0) is 50.1 Å². The molecule has 0 aliphatic carbocycles. The summed E-state index contributed by atoms with van der Waals surface area (Å²) < 4.78 is 10.9. The van der Waals surface area contributed by atoms with Crippen molar-refractivity contribution in [3.8, 4) is 11.4 Å². The zero-order chi connectivity index (χ0) is 22.4. The molecule has 0 spiro atoms. The van der Waals surface area contributed by atoms with Crippen LogP contribution in [0.25, 0.3) is 16.7 Å². The van der Waals surface area contributed by atoms with E-state index in [0.29, 0.717) is 24.7 Å². The molecule has 2 aliphatic heterocycles. The minimum Gasteiger partial charge on any atom is -0.483 e. The van der Waals surface area contributed by atoms with Crippen molar-refractivity contribution in [2.45, 2.75) is 38.5 Å². The molecule has 2 aliphatic rings. The van der Waals surface area contributed by atoms with Gasteiger partial charge in [-0.2, -0.15) is 5.10 Å². The Balaban J connectivity index is 1.08. The highest BCUT2D eigenvalue weighted by Gasteiger charge is 2.25. The second-order valence-corrected chi connectivity index (χ2v) is 8.76. The lowest BCUT2D eigenvalue weighted by molar-refractivity contribution is 0.182. The van der Waals surface area contributed by atoms with Gasteiger partial charge >= 0.3 is 11.4 Å². The molecule has 1 N–H and O–H groups in total. The van der Waals surface area contributed by atoms with Crippen LogP contribution in [0.15, 0.2) is 58.1 Å². The molecule has 4 heterocycles. The third-order valence-electron chi connectivity index (χ3n) is 6.76. The zero-order valence-corrected chi connectivity index (χ0v) is 18.3. The number of rotatable bonds is 5. The first kappa shape index (κ1) is 20.0. The average Bonchev–Trinajstić information content (AvgIpc) is 3.35. The summed E-state index contributed by atoms with van der Waals surface area (Å²) in [4.78, 5) is 30.8. The van der Waals surface area contributed by atoms with Gasteiger partial charge < -0.3 is 14.6 Å². The van der Waals surface area contributed by atoms with Gasteiger partial charge in [0, 0.05) is 25.7 Å². The Kier molecular flexibility index (Phi) is 4.91. The first-order valence-electron chi connectivity index (χ1n) is 11.5. The van der Waals surface area contributed by atoms with Gasteiger partial charge in [-0.1, -0.05) is 24.3 Å². The second-order valence-electron chi connectivity index (χ2n) is 8.76. The Morgan fingerprint density at radius 3 is 2.67 bits per heavy atom. The largest absolute Gasteiger partial charge is 0.483 e. The van der Waals surface area contributed by atoms with Crippen molar-refractivity contribution in [3.63, 3.8) is 0 Å². The van der Waals surface area contributed by atoms with E-state index in [1.54, 1.807) is 9.25 Å². The highest BCUT2D eigenvalue weighted by atomic mass is 16.5. The highest BCUT2D eigenvalue weighted by Crippen LogP contribution is 2.27. The lowest BCUT2D eigenvalue weighted by atomic mass is 10.0. The zero-order valence-electron chi connectivity index (χ0n) is 18.3. The maximum Gasteiger partial charge on any atom is 0.350 e. The predicted molar refractivity (Wildman–Crippen MR) is 124 cm³/mol. The van der Waals surface area contributed by atoms with E-state index >= 15 is 0 Å². The van der Waals surface area contributed by atoms with Crippen LogP contribution >= 0.6 is 0 Å². The number of hydrogen-bond acceptors (Lipinski definition) is 5. The number of aromatic nitrogens is 5. The minimum absolute atomic E-state index is 0.0247. The molecule has 2 aromatic heterocycles. The molecule has 0 amide bonds. The summed E-state index contributed by atoms with van der Waals surface area (Å²) in [6.45, 7) is 3.65. The summed E-state index contributed by atoms with van der Waals surface area (Å²) in [7, 11) is 0. The molecule has 0 radical (unpaired) electrons. The summed E-state index contributed by atoms with van der Waals surface area (Å²) in [5.74, 6) is 1.35. The summed E-state index contributed by atoms with van der Waals surface area (Å²) in [5, 5.41) is 4.50. The summed E-state index contributed by atoms with van der Waals surface area (Å²) in [6.07, 6.45) is 2.72. The number of imidazole rings is 1. The molecule has 0 atom stereocenters. The van der Waals surface area contributed by atoms with E-state index in [2.05, 4.69) is 15.0 Å². The molecule has 1 fully saturated rings. The van der Waals surface area contributed by atoms with Crippen LogP contribution in [0.1, 0.15) is 31.1 Å². The molecule has 6 rings (SSSR count). The van der Waals surface area contributed by atoms with Crippen molar-refractivity contribution in [2.75, 3.05) is 19.6 Å². The molecule has 0 saturated carbocycles. The van der Waals surface area contributed by atoms with Crippen LogP contribution in [-0.4, -0.2) is 48.4 Å². The van der Waals surface area contributed by atoms with Gasteiger partial charge in [-0.25, -0.2) is 18.8 Å². The van der Waals surface area contributed by atoms with E-state index in [-0.39, 0.29) is 17.4 Å². The van der Waals surface area contributed by atoms with Crippen LogP contribution < -0.4 is 16.1 Å². The van der Waals surface area contributed by atoms with E-state index in [0.717, 1.165) is 55.6 Å². The molecule has 4 aromatic rings. The lowest BCUT2D eigenvalue weighted by Gasteiger charge is -2.32. The van der Waals surface area contributed by atoms with Crippen LogP contribution in [0.4, 0.5) is 0 Å². The highest BCUT2D eigenvalue weighted by molar-refractivity contribution is 5.75. The molecule has 170 valence electrons. The number of piperidine rings is 1. The van der Waals surface area contributed by atoms with Crippen molar-refractivity contribution in [1.82, 2.24) is 28.8 Å². The summed E-state index contributed by atoms with van der Waals surface area (Å²) >= 11 is 0. The van der Waals surface area contributed by atoms with E-state index in [1.165, 1.54) is 0 Å². The fourth-order valence-corrected chi connectivity index (χ4v) is 5.12. The number of aromatic amines is 1. The fourth-order valence-electron chi connectivity index (χ4n) is 5.12. The molecule has 0 unspecified atom stereocenters. The number of hydrogen-bond donors (Lipinski definition) is 1. The predicted octanol–water partition coefficient (Wildman–Crippen LogP) is 2.30. The number of aryl methyl sites for hydroxylation is 1. The Bertz CT molecular complexity index is 1420. The first-order chi connectivity index (χ1) is 16.2. The average molecular weight is 447 g/mol. The number of nitrogens with one attached hydrogen (secondary N) is 1. The Hall–Kier alpha value is -3.59. The monoisotopic (exact) mass is 446 g/mol. The number of ether oxygens (including phenoxy) is 1. The molecule has 9 nitrogen and oxygen atoms in total.